The first-order chi connectivity index (χ1) is 12.8. The van der Waals surface area contributed by atoms with Gasteiger partial charge in [-0.1, -0.05) is 6.42 Å². The Morgan fingerprint density at radius 3 is 2.85 bits per heavy atom. The van der Waals surface area contributed by atoms with Crippen LogP contribution in [-0.2, 0) is 12.8 Å². The van der Waals surface area contributed by atoms with E-state index in [0.717, 1.165) is 58.8 Å². The number of ether oxygens (including phenoxy) is 1. The molecule has 5 nitrogen and oxygen atoms in total. The van der Waals surface area contributed by atoms with Gasteiger partial charge in [-0.2, -0.15) is 0 Å². The summed E-state index contributed by atoms with van der Waals surface area (Å²) in [4.78, 5) is 20.9. The summed E-state index contributed by atoms with van der Waals surface area (Å²) in [5.41, 5.74) is 3.21. The van der Waals surface area contributed by atoms with Crippen molar-refractivity contribution in [3.8, 4) is 11.6 Å². The lowest BCUT2D eigenvalue weighted by atomic mass is 10.0. The SMILES string of the molecule is O=c1oc2cc(Oc3ncnc4ccsc34)ccc2c2c1CCCCC2. The maximum Gasteiger partial charge on any atom is 0.339 e. The number of hydrogen-bond acceptors (Lipinski definition) is 6. The van der Waals surface area contributed by atoms with E-state index in [1.165, 1.54) is 17.7 Å². The number of thiophene rings is 1. The van der Waals surface area contributed by atoms with Gasteiger partial charge in [-0.3, -0.25) is 0 Å². The summed E-state index contributed by atoms with van der Waals surface area (Å²) in [6, 6.07) is 7.62. The molecule has 6 heteroatoms. The first kappa shape index (κ1) is 15.5. The minimum Gasteiger partial charge on any atom is -0.437 e. The molecule has 3 heterocycles. The predicted octanol–water partition coefficient (Wildman–Crippen LogP) is 4.86. The van der Waals surface area contributed by atoms with E-state index in [1.807, 2.05) is 23.6 Å². The highest BCUT2D eigenvalue weighted by Gasteiger charge is 2.17. The number of nitrogens with zero attached hydrogens (tertiary/aromatic N) is 2. The highest BCUT2D eigenvalue weighted by atomic mass is 32.1. The van der Waals surface area contributed by atoms with Gasteiger partial charge in [0.2, 0.25) is 5.88 Å². The molecule has 1 aliphatic rings. The minimum absolute atomic E-state index is 0.214. The lowest BCUT2D eigenvalue weighted by Gasteiger charge is -2.10. The van der Waals surface area contributed by atoms with Gasteiger partial charge in [0.15, 0.2) is 0 Å². The summed E-state index contributed by atoms with van der Waals surface area (Å²) in [6.07, 6.45) is 6.55. The maximum atomic E-state index is 12.4. The maximum absolute atomic E-state index is 12.4. The second-order valence-corrected chi connectivity index (χ2v) is 7.40. The summed E-state index contributed by atoms with van der Waals surface area (Å²) in [6.45, 7) is 0. The number of aryl methyl sites for hydroxylation is 1. The largest absolute Gasteiger partial charge is 0.437 e. The van der Waals surface area contributed by atoms with E-state index in [1.54, 1.807) is 6.07 Å². The molecular formula is C20H16N2O3S. The van der Waals surface area contributed by atoms with Gasteiger partial charge in [0, 0.05) is 17.0 Å². The van der Waals surface area contributed by atoms with Crippen LogP contribution in [0.5, 0.6) is 11.6 Å². The third-order valence-electron chi connectivity index (χ3n) is 4.87. The molecule has 0 saturated carbocycles. The molecule has 0 fully saturated rings. The second-order valence-electron chi connectivity index (χ2n) is 6.48. The van der Waals surface area contributed by atoms with E-state index >= 15 is 0 Å². The van der Waals surface area contributed by atoms with Crippen LogP contribution in [0.1, 0.15) is 30.4 Å². The molecule has 3 aromatic heterocycles. The summed E-state index contributed by atoms with van der Waals surface area (Å²) in [5.74, 6) is 1.11. The number of aromatic nitrogens is 2. The van der Waals surface area contributed by atoms with Crippen LogP contribution in [0.2, 0.25) is 0 Å². The normalized spacial score (nSPS) is 14.3. The monoisotopic (exact) mass is 364 g/mol. The van der Waals surface area contributed by atoms with Crippen LogP contribution in [0.4, 0.5) is 0 Å². The first-order valence-corrected chi connectivity index (χ1v) is 9.62. The highest BCUT2D eigenvalue weighted by molar-refractivity contribution is 7.17. The Morgan fingerprint density at radius 2 is 1.92 bits per heavy atom. The average Bonchev–Trinajstić information content (AvgIpc) is 2.99. The lowest BCUT2D eigenvalue weighted by molar-refractivity contribution is 0.467. The molecule has 0 amide bonds. The van der Waals surface area contributed by atoms with Crippen molar-refractivity contribution in [3.05, 3.63) is 57.5 Å². The molecule has 5 rings (SSSR count). The fraction of sp³-hybridized carbons (Fsp3) is 0.250. The zero-order valence-corrected chi connectivity index (χ0v) is 14.8. The van der Waals surface area contributed by atoms with Gasteiger partial charge in [0.1, 0.15) is 22.4 Å². The quantitative estimate of drug-likeness (QED) is 0.375. The molecule has 1 aromatic carbocycles. The molecule has 0 spiro atoms. The number of hydrogen-bond donors (Lipinski definition) is 0. The van der Waals surface area contributed by atoms with E-state index in [2.05, 4.69) is 9.97 Å². The topological polar surface area (TPSA) is 65.2 Å². The minimum atomic E-state index is -0.214. The van der Waals surface area contributed by atoms with E-state index in [0.29, 0.717) is 17.2 Å². The van der Waals surface area contributed by atoms with Crippen LogP contribution < -0.4 is 10.4 Å². The van der Waals surface area contributed by atoms with Crippen molar-refractivity contribution in [1.29, 1.82) is 0 Å². The van der Waals surface area contributed by atoms with Crippen LogP contribution in [0, 0.1) is 0 Å². The van der Waals surface area contributed by atoms with Crippen molar-refractivity contribution >= 4 is 32.5 Å². The van der Waals surface area contributed by atoms with Gasteiger partial charge in [0.25, 0.3) is 0 Å². The standard InChI is InChI=1S/C20H16N2O3S/c23-20-15-5-3-1-2-4-13(15)14-7-6-12(10-17(14)25-20)24-19-18-16(8-9-26-18)21-11-22-19/h6-11H,1-5H2. The number of fused-ring (bicyclic) bond motifs is 4. The van der Waals surface area contributed by atoms with Gasteiger partial charge >= 0.3 is 5.63 Å². The van der Waals surface area contributed by atoms with E-state index in [9.17, 15) is 4.79 Å². The molecule has 0 atom stereocenters. The van der Waals surface area contributed by atoms with E-state index in [4.69, 9.17) is 9.15 Å². The van der Waals surface area contributed by atoms with Crippen LogP contribution >= 0.6 is 11.3 Å². The molecule has 0 saturated heterocycles. The number of benzene rings is 1. The highest BCUT2D eigenvalue weighted by Crippen LogP contribution is 2.33. The average molecular weight is 364 g/mol. The zero-order chi connectivity index (χ0) is 17.5. The Hall–Kier alpha value is -2.73. The predicted molar refractivity (Wildman–Crippen MR) is 101 cm³/mol. The third kappa shape index (κ3) is 2.57. The third-order valence-corrected chi connectivity index (χ3v) is 5.76. The summed E-state index contributed by atoms with van der Waals surface area (Å²) < 4.78 is 12.5. The Balaban J connectivity index is 1.60. The van der Waals surface area contributed by atoms with E-state index < -0.39 is 0 Å². The Morgan fingerprint density at radius 1 is 1.04 bits per heavy atom. The molecule has 0 aliphatic heterocycles. The molecule has 0 N–H and O–H groups in total. The van der Waals surface area contributed by atoms with E-state index in [-0.39, 0.29) is 5.63 Å². The van der Waals surface area contributed by atoms with Crippen molar-refractivity contribution in [1.82, 2.24) is 9.97 Å². The van der Waals surface area contributed by atoms with Crippen LogP contribution in [0.3, 0.4) is 0 Å². The fourth-order valence-corrected chi connectivity index (χ4v) is 4.39. The summed E-state index contributed by atoms with van der Waals surface area (Å²) in [7, 11) is 0. The molecule has 4 aromatic rings. The Bertz CT molecular complexity index is 1180. The second kappa shape index (κ2) is 6.21. The molecule has 0 bridgehead atoms. The van der Waals surface area contributed by atoms with Gasteiger partial charge < -0.3 is 9.15 Å². The summed E-state index contributed by atoms with van der Waals surface area (Å²) in [5, 5.41) is 2.97. The molecule has 130 valence electrons. The van der Waals surface area contributed by atoms with Gasteiger partial charge in [-0.15, -0.1) is 11.3 Å². The summed E-state index contributed by atoms with van der Waals surface area (Å²) >= 11 is 1.54. The Labute approximate surface area is 153 Å². The van der Waals surface area contributed by atoms with Crippen molar-refractivity contribution in [2.75, 3.05) is 0 Å². The van der Waals surface area contributed by atoms with Crippen LogP contribution in [0.25, 0.3) is 21.2 Å². The first-order valence-electron chi connectivity index (χ1n) is 8.74. The van der Waals surface area contributed by atoms with Crippen LogP contribution in [0.15, 0.2) is 45.2 Å². The lowest BCUT2D eigenvalue weighted by Crippen LogP contribution is -2.10. The van der Waals surface area contributed by atoms with Crippen molar-refractivity contribution in [2.45, 2.75) is 32.1 Å². The number of rotatable bonds is 2. The van der Waals surface area contributed by atoms with Gasteiger partial charge in [-0.05, 0) is 54.8 Å². The smallest absolute Gasteiger partial charge is 0.339 e. The molecular weight excluding hydrogens is 348 g/mol. The molecule has 0 radical (unpaired) electrons. The van der Waals surface area contributed by atoms with Crippen molar-refractivity contribution < 1.29 is 9.15 Å². The molecule has 0 unspecified atom stereocenters. The Kier molecular flexibility index (Phi) is 3.71. The van der Waals surface area contributed by atoms with Gasteiger partial charge in [0.05, 0.1) is 5.52 Å². The fourth-order valence-electron chi connectivity index (χ4n) is 3.62. The van der Waals surface area contributed by atoms with Crippen molar-refractivity contribution in [2.24, 2.45) is 0 Å². The molecule has 1 aliphatic carbocycles. The zero-order valence-electron chi connectivity index (χ0n) is 14.0. The molecule has 26 heavy (non-hydrogen) atoms. The van der Waals surface area contributed by atoms with Gasteiger partial charge in [-0.25, -0.2) is 14.8 Å². The van der Waals surface area contributed by atoms with Crippen molar-refractivity contribution in [3.63, 3.8) is 0 Å². The van der Waals surface area contributed by atoms with Crippen LogP contribution in [-0.4, -0.2) is 9.97 Å².